The molecule has 28 heavy (non-hydrogen) atoms. The largest absolute Gasteiger partial charge is 0.418 e. The van der Waals surface area contributed by atoms with Crippen molar-refractivity contribution < 1.29 is 23.1 Å². The second-order valence-electron chi connectivity index (χ2n) is 6.29. The fourth-order valence-electron chi connectivity index (χ4n) is 2.77. The first-order valence-corrected chi connectivity index (χ1v) is 8.88. The number of hydrogen-bond acceptors (Lipinski definition) is 4. The van der Waals surface area contributed by atoms with E-state index < -0.39 is 28.8 Å². The summed E-state index contributed by atoms with van der Waals surface area (Å²) in [7, 11) is 0. The summed E-state index contributed by atoms with van der Waals surface area (Å²) in [6.07, 6.45) is -3.18. The number of para-hydroxylation sites is 1. The molecule has 9 heteroatoms. The summed E-state index contributed by atoms with van der Waals surface area (Å²) >= 11 is 0. The van der Waals surface area contributed by atoms with Gasteiger partial charge in [0, 0.05) is 24.8 Å². The van der Waals surface area contributed by atoms with Crippen molar-refractivity contribution in [2.24, 2.45) is 0 Å². The summed E-state index contributed by atoms with van der Waals surface area (Å²) < 4.78 is 41.1. The highest BCUT2D eigenvalue weighted by Crippen LogP contribution is 2.33. The monoisotopic (exact) mass is 397 g/mol. The Hall–Kier alpha value is -2.68. The van der Waals surface area contributed by atoms with Gasteiger partial charge in [-0.25, -0.2) is 4.68 Å². The SMILES string of the molecule is CCCCN(CCO)C(=O)c1nn(-c2ccccc2C(F)(F)F)c(C)cc1=O. The topological polar surface area (TPSA) is 75.4 Å². The molecule has 0 aliphatic carbocycles. The highest BCUT2D eigenvalue weighted by Gasteiger charge is 2.34. The predicted molar refractivity (Wildman–Crippen MR) is 97.5 cm³/mol. The van der Waals surface area contributed by atoms with Crippen molar-refractivity contribution in [3.63, 3.8) is 0 Å². The number of carbonyl (C=O) groups excluding carboxylic acids is 1. The molecule has 0 saturated heterocycles. The molecule has 1 aromatic heterocycles. The Morgan fingerprint density at radius 1 is 1.25 bits per heavy atom. The average Bonchev–Trinajstić information content (AvgIpc) is 2.64. The maximum atomic E-state index is 13.4. The Morgan fingerprint density at radius 2 is 1.93 bits per heavy atom. The number of unbranched alkanes of at least 4 members (excludes halogenated alkanes) is 1. The van der Waals surface area contributed by atoms with E-state index in [4.69, 9.17) is 0 Å². The van der Waals surface area contributed by atoms with Gasteiger partial charge in [-0.1, -0.05) is 25.5 Å². The maximum absolute atomic E-state index is 13.4. The molecule has 2 aromatic rings. The van der Waals surface area contributed by atoms with Crippen molar-refractivity contribution in [3.8, 4) is 5.69 Å². The number of alkyl halides is 3. The Bertz CT molecular complexity index is 894. The molecule has 1 amide bonds. The number of amides is 1. The van der Waals surface area contributed by atoms with Crippen LogP contribution in [0, 0.1) is 6.92 Å². The lowest BCUT2D eigenvalue weighted by Crippen LogP contribution is -2.38. The molecule has 0 spiro atoms. The molecule has 0 atom stereocenters. The van der Waals surface area contributed by atoms with Gasteiger partial charge in [0.15, 0.2) is 5.69 Å². The van der Waals surface area contributed by atoms with Gasteiger partial charge < -0.3 is 10.0 Å². The van der Waals surface area contributed by atoms with E-state index in [1.807, 2.05) is 6.92 Å². The minimum absolute atomic E-state index is 0.00691. The maximum Gasteiger partial charge on any atom is 0.418 e. The standard InChI is InChI=1S/C19H22F3N3O3/c1-3-4-9-24(10-11-26)18(28)17-16(27)12-13(2)25(23-17)15-8-6-5-7-14(15)19(20,21)22/h5-8,12,26H,3-4,9-11H2,1-2H3. The minimum atomic E-state index is -4.62. The predicted octanol–water partition coefficient (Wildman–Crippen LogP) is 2.79. The summed E-state index contributed by atoms with van der Waals surface area (Å²) in [5.74, 6) is -0.717. The lowest BCUT2D eigenvalue weighted by Gasteiger charge is -2.22. The number of halogens is 3. The van der Waals surface area contributed by atoms with Crippen molar-refractivity contribution in [1.29, 1.82) is 0 Å². The van der Waals surface area contributed by atoms with Gasteiger partial charge in [0.2, 0.25) is 5.43 Å². The molecule has 1 heterocycles. The quantitative estimate of drug-likeness (QED) is 0.780. The third kappa shape index (κ3) is 4.78. The number of aliphatic hydroxyl groups excluding tert-OH is 1. The third-order valence-corrected chi connectivity index (χ3v) is 4.19. The zero-order valence-electron chi connectivity index (χ0n) is 15.7. The van der Waals surface area contributed by atoms with Gasteiger partial charge in [0.25, 0.3) is 5.91 Å². The fraction of sp³-hybridized carbons (Fsp3) is 0.421. The van der Waals surface area contributed by atoms with Crippen molar-refractivity contribution in [2.45, 2.75) is 32.9 Å². The lowest BCUT2D eigenvalue weighted by molar-refractivity contribution is -0.137. The Labute approximate surface area is 160 Å². The van der Waals surface area contributed by atoms with E-state index in [-0.39, 0.29) is 24.5 Å². The fourth-order valence-corrected chi connectivity index (χ4v) is 2.77. The number of hydrogen-bond donors (Lipinski definition) is 1. The van der Waals surface area contributed by atoms with E-state index in [0.29, 0.717) is 13.0 Å². The van der Waals surface area contributed by atoms with Crippen LogP contribution in [0.25, 0.3) is 5.69 Å². The van der Waals surface area contributed by atoms with E-state index in [0.717, 1.165) is 23.2 Å². The summed E-state index contributed by atoms with van der Waals surface area (Å²) in [5.41, 5.74) is -2.19. The number of aryl methyl sites for hydroxylation is 1. The van der Waals surface area contributed by atoms with E-state index in [2.05, 4.69) is 5.10 Å². The van der Waals surface area contributed by atoms with Crippen molar-refractivity contribution >= 4 is 5.91 Å². The molecule has 152 valence electrons. The van der Waals surface area contributed by atoms with Crippen LogP contribution in [0.1, 0.15) is 41.5 Å². The van der Waals surface area contributed by atoms with Crippen LogP contribution >= 0.6 is 0 Å². The second-order valence-corrected chi connectivity index (χ2v) is 6.29. The van der Waals surface area contributed by atoms with Crippen LogP contribution in [0.4, 0.5) is 13.2 Å². The Balaban J connectivity index is 2.57. The summed E-state index contributed by atoms with van der Waals surface area (Å²) in [6, 6.07) is 5.90. The van der Waals surface area contributed by atoms with Gasteiger partial charge >= 0.3 is 6.18 Å². The Morgan fingerprint density at radius 3 is 2.54 bits per heavy atom. The molecular weight excluding hydrogens is 375 g/mol. The molecule has 0 saturated carbocycles. The molecule has 0 aliphatic heterocycles. The number of aliphatic hydroxyl groups is 1. The lowest BCUT2D eigenvalue weighted by atomic mass is 10.1. The van der Waals surface area contributed by atoms with Crippen molar-refractivity contribution in [2.75, 3.05) is 19.7 Å². The van der Waals surface area contributed by atoms with Crippen LogP contribution in [-0.4, -0.2) is 45.4 Å². The number of rotatable bonds is 7. The first-order valence-electron chi connectivity index (χ1n) is 8.88. The molecule has 0 radical (unpaired) electrons. The van der Waals surface area contributed by atoms with Gasteiger partial charge in [-0.15, -0.1) is 0 Å². The van der Waals surface area contributed by atoms with Crippen LogP contribution in [0.15, 0.2) is 35.1 Å². The second kappa shape index (κ2) is 9.01. The molecule has 0 bridgehead atoms. The molecular formula is C19H22F3N3O3. The number of aromatic nitrogens is 2. The van der Waals surface area contributed by atoms with E-state index in [1.54, 1.807) is 0 Å². The van der Waals surface area contributed by atoms with E-state index >= 15 is 0 Å². The van der Waals surface area contributed by atoms with E-state index in [1.165, 1.54) is 30.0 Å². The summed E-state index contributed by atoms with van der Waals surface area (Å²) in [6.45, 7) is 3.38. The van der Waals surface area contributed by atoms with Crippen LogP contribution in [0.3, 0.4) is 0 Å². The van der Waals surface area contributed by atoms with Gasteiger partial charge in [0.1, 0.15) is 0 Å². The molecule has 1 N–H and O–H groups in total. The summed E-state index contributed by atoms with van der Waals surface area (Å²) in [5, 5.41) is 13.1. The van der Waals surface area contributed by atoms with Crippen molar-refractivity contribution in [3.05, 3.63) is 57.5 Å². The van der Waals surface area contributed by atoms with Gasteiger partial charge in [-0.3, -0.25) is 9.59 Å². The molecule has 0 aliphatic rings. The van der Waals surface area contributed by atoms with Gasteiger partial charge in [-0.2, -0.15) is 18.3 Å². The van der Waals surface area contributed by atoms with E-state index in [9.17, 15) is 27.9 Å². The number of benzene rings is 1. The first-order chi connectivity index (χ1) is 13.2. The average molecular weight is 397 g/mol. The molecule has 2 rings (SSSR count). The highest BCUT2D eigenvalue weighted by atomic mass is 19.4. The zero-order valence-corrected chi connectivity index (χ0v) is 15.7. The van der Waals surface area contributed by atoms with Crippen LogP contribution in [-0.2, 0) is 6.18 Å². The number of nitrogens with zero attached hydrogens (tertiary/aromatic N) is 3. The van der Waals surface area contributed by atoms with Crippen molar-refractivity contribution in [1.82, 2.24) is 14.7 Å². The normalized spacial score (nSPS) is 11.5. The minimum Gasteiger partial charge on any atom is -0.395 e. The molecule has 6 nitrogen and oxygen atoms in total. The van der Waals surface area contributed by atoms with Gasteiger partial charge in [-0.05, 0) is 25.5 Å². The zero-order chi connectivity index (χ0) is 20.9. The number of carbonyl (C=O) groups is 1. The van der Waals surface area contributed by atoms with Crippen LogP contribution < -0.4 is 5.43 Å². The summed E-state index contributed by atoms with van der Waals surface area (Å²) in [4.78, 5) is 26.4. The first kappa shape index (κ1) is 21.6. The highest BCUT2D eigenvalue weighted by molar-refractivity contribution is 5.92. The molecule has 0 fully saturated rings. The van der Waals surface area contributed by atoms with Gasteiger partial charge in [0.05, 0.1) is 17.9 Å². The van der Waals surface area contributed by atoms with Crippen LogP contribution in [0.2, 0.25) is 0 Å². The Kier molecular flexibility index (Phi) is 6.95. The van der Waals surface area contributed by atoms with Crippen LogP contribution in [0.5, 0.6) is 0 Å². The molecule has 0 unspecified atom stereocenters. The third-order valence-electron chi connectivity index (χ3n) is 4.19. The smallest absolute Gasteiger partial charge is 0.395 e. The molecule has 1 aromatic carbocycles.